The Kier molecular flexibility index (Phi) is 4.94. The highest BCUT2D eigenvalue weighted by Crippen LogP contribution is 2.31. The van der Waals surface area contributed by atoms with Crippen molar-refractivity contribution in [1.82, 2.24) is 10.1 Å². The van der Waals surface area contributed by atoms with Crippen molar-refractivity contribution in [3.63, 3.8) is 0 Å². The van der Waals surface area contributed by atoms with E-state index < -0.39 is 0 Å². The van der Waals surface area contributed by atoms with Gasteiger partial charge in [-0.25, -0.2) is 0 Å². The molecule has 0 aliphatic rings. The van der Waals surface area contributed by atoms with Crippen LogP contribution in [-0.2, 0) is 4.74 Å². The zero-order valence-corrected chi connectivity index (χ0v) is 12.1. The molecule has 2 rings (SSSR count). The molecule has 1 aromatic carbocycles. The Balaban J connectivity index is 2.24. The number of rotatable bonds is 6. The quantitative estimate of drug-likeness (QED) is 0.881. The second-order valence-electron chi connectivity index (χ2n) is 4.19. The third kappa shape index (κ3) is 3.27. The van der Waals surface area contributed by atoms with Crippen LogP contribution in [0.25, 0.3) is 11.4 Å². The molecule has 2 N–H and O–H groups in total. The van der Waals surface area contributed by atoms with Gasteiger partial charge in [-0.05, 0) is 24.6 Å². The van der Waals surface area contributed by atoms with Gasteiger partial charge in [-0.15, -0.1) is 0 Å². The van der Waals surface area contributed by atoms with Gasteiger partial charge < -0.3 is 19.7 Å². The molecule has 0 fully saturated rings. The number of benzene rings is 1. The summed E-state index contributed by atoms with van der Waals surface area (Å²) >= 11 is 5.92. The lowest BCUT2D eigenvalue weighted by Crippen LogP contribution is -2.13. The molecule has 0 amide bonds. The third-order valence-corrected chi connectivity index (χ3v) is 3.03. The van der Waals surface area contributed by atoms with Crippen molar-refractivity contribution >= 4 is 11.6 Å². The lowest BCUT2D eigenvalue weighted by atomic mass is 10.2. The molecule has 0 saturated carbocycles. The van der Waals surface area contributed by atoms with E-state index in [2.05, 4.69) is 10.1 Å². The van der Waals surface area contributed by atoms with Crippen LogP contribution in [0.3, 0.4) is 0 Å². The minimum absolute atomic E-state index is 0.352. The maximum Gasteiger partial charge on any atom is 0.243 e. The predicted molar refractivity (Wildman–Crippen MR) is 74.7 cm³/mol. The number of ether oxygens (including phenoxy) is 2. The van der Waals surface area contributed by atoms with Crippen molar-refractivity contribution in [3.05, 3.63) is 29.1 Å². The van der Waals surface area contributed by atoms with E-state index in [0.29, 0.717) is 41.1 Å². The summed E-state index contributed by atoms with van der Waals surface area (Å²) in [6, 6.07) is 4.85. The highest BCUT2D eigenvalue weighted by molar-refractivity contribution is 6.30. The SMILES string of the molecule is COCCC(N)c1nc(-c2ccc(Cl)cc2OC)no1. The predicted octanol–water partition coefficient (Wildman–Crippen LogP) is 2.43. The summed E-state index contributed by atoms with van der Waals surface area (Å²) in [5, 5.41) is 4.50. The summed E-state index contributed by atoms with van der Waals surface area (Å²) in [6.07, 6.45) is 0.607. The van der Waals surface area contributed by atoms with Crippen molar-refractivity contribution < 1.29 is 14.0 Å². The van der Waals surface area contributed by atoms with Crippen LogP contribution < -0.4 is 10.5 Å². The molecular weight excluding hydrogens is 282 g/mol. The summed E-state index contributed by atoms with van der Waals surface area (Å²) in [7, 11) is 3.17. The summed E-state index contributed by atoms with van der Waals surface area (Å²) in [6.45, 7) is 0.531. The van der Waals surface area contributed by atoms with Crippen LogP contribution in [0.4, 0.5) is 0 Å². The zero-order valence-electron chi connectivity index (χ0n) is 11.3. The minimum Gasteiger partial charge on any atom is -0.496 e. The van der Waals surface area contributed by atoms with Gasteiger partial charge in [0.15, 0.2) is 0 Å². The summed E-state index contributed by atoms with van der Waals surface area (Å²) in [5.74, 6) is 1.37. The smallest absolute Gasteiger partial charge is 0.243 e. The van der Waals surface area contributed by atoms with Gasteiger partial charge in [0, 0.05) is 18.7 Å². The maximum atomic E-state index is 5.94. The lowest BCUT2D eigenvalue weighted by Gasteiger charge is -2.05. The standard InChI is InChI=1S/C13H16ClN3O3/c1-18-6-5-10(15)13-16-12(17-20-13)9-4-3-8(14)7-11(9)19-2/h3-4,7,10H,5-6,15H2,1-2H3. The fraction of sp³-hybridized carbons (Fsp3) is 0.385. The largest absolute Gasteiger partial charge is 0.496 e. The molecule has 6 nitrogen and oxygen atoms in total. The fourth-order valence-corrected chi connectivity index (χ4v) is 1.88. The Labute approximate surface area is 121 Å². The highest BCUT2D eigenvalue weighted by Gasteiger charge is 2.17. The first-order valence-electron chi connectivity index (χ1n) is 6.07. The molecule has 7 heteroatoms. The fourth-order valence-electron chi connectivity index (χ4n) is 1.71. The van der Waals surface area contributed by atoms with Gasteiger partial charge in [0.05, 0.1) is 18.7 Å². The Hall–Kier alpha value is -1.63. The Bertz CT molecular complexity index is 574. The van der Waals surface area contributed by atoms with E-state index in [1.165, 1.54) is 0 Å². The van der Waals surface area contributed by atoms with Crippen molar-refractivity contribution in [2.75, 3.05) is 20.8 Å². The van der Waals surface area contributed by atoms with Gasteiger partial charge in [-0.2, -0.15) is 4.98 Å². The molecule has 0 saturated heterocycles. The molecular formula is C13H16ClN3O3. The average molecular weight is 298 g/mol. The topological polar surface area (TPSA) is 83.4 Å². The van der Waals surface area contributed by atoms with Crippen molar-refractivity contribution in [3.8, 4) is 17.1 Å². The van der Waals surface area contributed by atoms with Gasteiger partial charge >= 0.3 is 0 Å². The number of nitrogens with zero attached hydrogens (tertiary/aromatic N) is 2. The second kappa shape index (κ2) is 6.69. The number of hydrogen-bond donors (Lipinski definition) is 1. The Morgan fingerprint density at radius 3 is 2.90 bits per heavy atom. The van der Waals surface area contributed by atoms with E-state index in [0.717, 1.165) is 0 Å². The van der Waals surface area contributed by atoms with Crippen LogP contribution in [0.15, 0.2) is 22.7 Å². The molecule has 0 bridgehead atoms. The summed E-state index contributed by atoms with van der Waals surface area (Å²) in [5.41, 5.74) is 6.64. The summed E-state index contributed by atoms with van der Waals surface area (Å²) in [4.78, 5) is 4.29. The second-order valence-corrected chi connectivity index (χ2v) is 4.63. The number of halogens is 1. The third-order valence-electron chi connectivity index (χ3n) is 2.80. The first-order chi connectivity index (χ1) is 9.65. The molecule has 0 radical (unpaired) electrons. The van der Waals surface area contributed by atoms with Crippen molar-refractivity contribution in [2.24, 2.45) is 5.73 Å². The zero-order chi connectivity index (χ0) is 14.5. The number of hydrogen-bond acceptors (Lipinski definition) is 6. The number of methoxy groups -OCH3 is 2. The van der Waals surface area contributed by atoms with E-state index >= 15 is 0 Å². The van der Waals surface area contributed by atoms with E-state index in [1.807, 2.05) is 0 Å². The first kappa shape index (κ1) is 14.8. The molecule has 20 heavy (non-hydrogen) atoms. The molecule has 108 valence electrons. The van der Waals surface area contributed by atoms with Gasteiger partial charge in [0.1, 0.15) is 5.75 Å². The molecule has 1 aromatic heterocycles. The van der Waals surface area contributed by atoms with Crippen LogP contribution in [0.1, 0.15) is 18.4 Å². The lowest BCUT2D eigenvalue weighted by molar-refractivity contribution is 0.182. The molecule has 0 spiro atoms. The maximum absolute atomic E-state index is 5.94. The van der Waals surface area contributed by atoms with Crippen LogP contribution in [0.2, 0.25) is 5.02 Å². The van der Waals surface area contributed by atoms with Crippen LogP contribution in [0, 0.1) is 0 Å². The Morgan fingerprint density at radius 2 is 2.20 bits per heavy atom. The van der Waals surface area contributed by atoms with Gasteiger partial charge in [-0.3, -0.25) is 0 Å². The molecule has 0 aliphatic carbocycles. The normalized spacial score (nSPS) is 12.4. The Morgan fingerprint density at radius 1 is 1.40 bits per heavy atom. The van der Waals surface area contributed by atoms with Crippen molar-refractivity contribution in [2.45, 2.75) is 12.5 Å². The molecule has 1 atom stereocenters. The molecule has 1 unspecified atom stereocenters. The van der Waals surface area contributed by atoms with Gasteiger partial charge in [0.25, 0.3) is 0 Å². The number of nitrogens with two attached hydrogens (primary N) is 1. The van der Waals surface area contributed by atoms with Crippen LogP contribution >= 0.6 is 11.6 Å². The van der Waals surface area contributed by atoms with E-state index in [-0.39, 0.29) is 6.04 Å². The number of aromatic nitrogens is 2. The van der Waals surface area contributed by atoms with E-state index in [1.54, 1.807) is 32.4 Å². The van der Waals surface area contributed by atoms with Crippen molar-refractivity contribution in [1.29, 1.82) is 0 Å². The molecule has 0 aliphatic heterocycles. The molecule has 2 aromatic rings. The highest BCUT2D eigenvalue weighted by atomic mass is 35.5. The van der Waals surface area contributed by atoms with E-state index in [9.17, 15) is 0 Å². The van der Waals surface area contributed by atoms with Gasteiger partial charge in [0.2, 0.25) is 11.7 Å². The minimum atomic E-state index is -0.352. The van der Waals surface area contributed by atoms with E-state index in [4.69, 9.17) is 31.3 Å². The average Bonchev–Trinajstić information content (AvgIpc) is 2.94. The van der Waals surface area contributed by atoms with Crippen LogP contribution in [-0.4, -0.2) is 31.0 Å². The monoisotopic (exact) mass is 297 g/mol. The molecule has 1 heterocycles. The summed E-state index contributed by atoms with van der Waals surface area (Å²) < 4.78 is 15.4. The van der Waals surface area contributed by atoms with Crippen LogP contribution in [0.5, 0.6) is 5.75 Å². The first-order valence-corrected chi connectivity index (χ1v) is 6.45. The van der Waals surface area contributed by atoms with Gasteiger partial charge in [-0.1, -0.05) is 16.8 Å².